The summed E-state index contributed by atoms with van der Waals surface area (Å²) < 4.78 is 38.5. The number of rotatable bonds is 7. The van der Waals surface area contributed by atoms with Gasteiger partial charge < -0.3 is 14.4 Å². The molecule has 0 bridgehead atoms. The molecule has 1 fully saturated rings. The van der Waals surface area contributed by atoms with Crippen LogP contribution >= 0.6 is 0 Å². The molecule has 0 aromatic heterocycles. The first kappa shape index (κ1) is 24.5. The predicted octanol–water partition coefficient (Wildman–Crippen LogP) is 2.72. The van der Waals surface area contributed by atoms with Gasteiger partial charge in [0.2, 0.25) is 0 Å². The Kier molecular flexibility index (Phi) is 8.13. The van der Waals surface area contributed by atoms with Crippen molar-refractivity contribution in [1.29, 1.82) is 0 Å². The fourth-order valence-corrected chi connectivity index (χ4v) is 3.77. The largest absolute Gasteiger partial charge is 0.444 e. The molecule has 1 saturated heterocycles. The Hall–Kier alpha value is -1.55. The van der Waals surface area contributed by atoms with Crippen LogP contribution in [0.5, 0.6) is 0 Å². The van der Waals surface area contributed by atoms with Gasteiger partial charge in [0, 0.05) is 26.2 Å². The average Bonchev–Trinajstić information content (AvgIpc) is 2.39. The van der Waals surface area contributed by atoms with Crippen molar-refractivity contribution >= 4 is 22.4 Å². The van der Waals surface area contributed by atoms with Crippen LogP contribution in [-0.2, 0) is 19.7 Å². The Labute approximate surface area is 168 Å². The van der Waals surface area contributed by atoms with E-state index >= 15 is 0 Å². The van der Waals surface area contributed by atoms with Gasteiger partial charge in [-0.05, 0) is 60.3 Å². The highest BCUT2D eigenvalue weighted by atomic mass is 32.2. The number of hydrogen-bond acceptors (Lipinski definition) is 6. The lowest BCUT2D eigenvalue weighted by atomic mass is 9.97. The van der Waals surface area contributed by atoms with Crippen LogP contribution < -0.4 is 4.72 Å². The smallest absolute Gasteiger partial charge is 0.422 e. The first-order chi connectivity index (χ1) is 12.6. The molecule has 0 radical (unpaired) electrons. The van der Waals surface area contributed by atoms with Gasteiger partial charge in [-0.25, -0.2) is 14.3 Å². The third-order valence-electron chi connectivity index (χ3n) is 3.82. The van der Waals surface area contributed by atoms with Crippen LogP contribution in [0.3, 0.4) is 0 Å². The predicted molar refractivity (Wildman–Crippen MR) is 106 cm³/mol. The van der Waals surface area contributed by atoms with Crippen LogP contribution in [0.4, 0.5) is 9.59 Å². The maximum absolute atomic E-state index is 12.5. The van der Waals surface area contributed by atoms with E-state index in [2.05, 4.69) is 0 Å². The van der Waals surface area contributed by atoms with Gasteiger partial charge in [-0.3, -0.25) is 0 Å². The van der Waals surface area contributed by atoms with Crippen molar-refractivity contribution in [2.75, 3.05) is 26.2 Å². The number of carbonyl (C=O) groups excluding carboxylic acids is 2. The molecule has 1 N–H and O–H groups in total. The molecule has 9 nitrogen and oxygen atoms in total. The molecule has 0 aromatic rings. The zero-order valence-corrected chi connectivity index (χ0v) is 18.9. The van der Waals surface area contributed by atoms with Crippen LogP contribution in [0.15, 0.2) is 0 Å². The fraction of sp³-hybridized carbons (Fsp3) is 0.889. The Bertz CT molecular complexity index is 645. The molecule has 0 aromatic carbocycles. The number of ether oxygens (including phenoxy) is 2. The third kappa shape index (κ3) is 8.64. The van der Waals surface area contributed by atoms with Gasteiger partial charge in [0.05, 0.1) is 0 Å². The van der Waals surface area contributed by atoms with Gasteiger partial charge >= 0.3 is 22.4 Å². The van der Waals surface area contributed by atoms with E-state index < -0.39 is 27.5 Å². The van der Waals surface area contributed by atoms with E-state index in [-0.39, 0.29) is 18.6 Å². The molecule has 0 aliphatic carbocycles. The van der Waals surface area contributed by atoms with Crippen LogP contribution in [0.1, 0.15) is 61.3 Å². The van der Waals surface area contributed by atoms with E-state index in [9.17, 15) is 18.0 Å². The molecule has 10 heteroatoms. The highest BCUT2D eigenvalue weighted by Gasteiger charge is 2.35. The lowest BCUT2D eigenvalue weighted by Crippen LogP contribution is -2.53. The maximum Gasteiger partial charge on any atom is 0.422 e. The van der Waals surface area contributed by atoms with Crippen molar-refractivity contribution in [3.05, 3.63) is 0 Å². The summed E-state index contributed by atoms with van der Waals surface area (Å²) in [6, 6.07) is 0. The van der Waals surface area contributed by atoms with Crippen molar-refractivity contribution < 1.29 is 27.5 Å². The van der Waals surface area contributed by atoms with Crippen LogP contribution in [0.2, 0.25) is 0 Å². The van der Waals surface area contributed by atoms with E-state index in [0.29, 0.717) is 32.5 Å². The number of carbonyl (C=O) groups is 2. The molecule has 28 heavy (non-hydrogen) atoms. The summed E-state index contributed by atoms with van der Waals surface area (Å²) in [5.74, 6) is 0.198. The lowest BCUT2D eigenvalue weighted by molar-refractivity contribution is -0.00271. The normalized spacial score (nSPS) is 15.9. The highest BCUT2D eigenvalue weighted by Crippen LogP contribution is 2.22. The van der Waals surface area contributed by atoms with E-state index in [1.807, 2.05) is 32.4 Å². The molecule has 0 atom stereocenters. The minimum Gasteiger partial charge on any atom is -0.444 e. The van der Waals surface area contributed by atoms with Crippen molar-refractivity contribution in [2.45, 2.75) is 72.5 Å². The number of amides is 2. The second-order valence-corrected chi connectivity index (χ2v) is 10.7. The SMILES string of the molecule is CCCN(CCC1CN(C(=O)OC(C)(C)C)C1)S(=O)(=O)NC(=O)OC(C)(C)C. The average molecular weight is 422 g/mol. The molecule has 1 rings (SSSR count). The summed E-state index contributed by atoms with van der Waals surface area (Å²) in [4.78, 5) is 25.4. The Morgan fingerprint density at radius 1 is 1.04 bits per heavy atom. The van der Waals surface area contributed by atoms with E-state index in [0.717, 1.165) is 0 Å². The molecule has 1 heterocycles. The Morgan fingerprint density at radius 3 is 2.04 bits per heavy atom. The molecule has 0 saturated carbocycles. The summed E-state index contributed by atoms with van der Waals surface area (Å²) in [6.07, 6.45) is -0.139. The van der Waals surface area contributed by atoms with Gasteiger partial charge in [-0.1, -0.05) is 6.92 Å². The molecule has 0 spiro atoms. The number of likely N-dealkylation sites (tertiary alicyclic amines) is 1. The molecule has 0 unspecified atom stereocenters. The summed E-state index contributed by atoms with van der Waals surface area (Å²) in [5.41, 5.74) is -1.33. The fourth-order valence-electron chi connectivity index (χ4n) is 2.62. The summed E-state index contributed by atoms with van der Waals surface area (Å²) in [5, 5.41) is 0. The topological polar surface area (TPSA) is 105 Å². The zero-order chi connectivity index (χ0) is 21.8. The van der Waals surface area contributed by atoms with Crippen molar-refractivity contribution in [3.63, 3.8) is 0 Å². The molecule has 164 valence electrons. The summed E-state index contributed by atoms with van der Waals surface area (Å²) >= 11 is 0. The molecule has 2 amide bonds. The van der Waals surface area contributed by atoms with Gasteiger partial charge in [-0.2, -0.15) is 12.7 Å². The van der Waals surface area contributed by atoms with Crippen LogP contribution in [-0.4, -0.2) is 67.2 Å². The van der Waals surface area contributed by atoms with E-state index in [4.69, 9.17) is 9.47 Å². The minimum atomic E-state index is -3.99. The molecule has 1 aliphatic rings. The molecular formula is C18H35N3O6S. The van der Waals surface area contributed by atoms with Crippen molar-refractivity contribution in [1.82, 2.24) is 13.9 Å². The van der Waals surface area contributed by atoms with Crippen molar-refractivity contribution in [3.8, 4) is 0 Å². The quantitative estimate of drug-likeness (QED) is 0.678. The third-order valence-corrected chi connectivity index (χ3v) is 5.29. The van der Waals surface area contributed by atoms with Gasteiger partial charge in [0.15, 0.2) is 0 Å². The number of nitrogens with zero attached hydrogens (tertiary/aromatic N) is 2. The first-order valence-electron chi connectivity index (χ1n) is 9.62. The second-order valence-electron chi connectivity index (χ2n) is 9.05. The van der Waals surface area contributed by atoms with Crippen LogP contribution in [0.25, 0.3) is 0 Å². The van der Waals surface area contributed by atoms with Gasteiger partial charge in [0.25, 0.3) is 0 Å². The zero-order valence-electron chi connectivity index (χ0n) is 18.1. The second kappa shape index (κ2) is 9.30. The Balaban J connectivity index is 2.53. The van der Waals surface area contributed by atoms with E-state index in [1.54, 1.807) is 25.7 Å². The standard InChI is InChI=1S/C18H35N3O6S/c1-8-10-21(28(24,25)19-15(22)26-17(2,3)4)11-9-14-12-20(13-14)16(23)27-18(5,6)7/h14H,8-13H2,1-7H3,(H,19,22). The summed E-state index contributed by atoms with van der Waals surface area (Å²) in [6.45, 7) is 13.9. The van der Waals surface area contributed by atoms with Gasteiger partial charge in [0.1, 0.15) is 11.2 Å². The molecule has 1 aliphatic heterocycles. The van der Waals surface area contributed by atoms with E-state index in [1.165, 1.54) is 4.31 Å². The Morgan fingerprint density at radius 2 is 1.57 bits per heavy atom. The lowest BCUT2D eigenvalue weighted by Gasteiger charge is -2.40. The highest BCUT2D eigenvalue weighted by molar-refractivity contribution is 7.87. The maximum atomic E-state index is 12.5. The first-order valence-corrected chi connectivity index (χ1v) is 11.1. The monoisotopic (exact) mass is 421 g/mol. The number of nitrogens with one attached hydrogen (secondary N) is 1. The molecular weight excluding hydrogens is 386 g/mol. The number of hydrogen-bond donors (Lipinski definition) is 1. The van der Waals surface area contributed by atoms with Crippen LogP contribution in [0, 0.1) is 5.92 Å². The minimum absolute atomic E-state index is 0.198. The van der Waals surface area contributed by atoms with Crippen molar-refractivity contribution in [2.24, 2.45) is 5.92 Å². The summed E-state index contributed by atoms with van der Waals surface area (Å²) in [7, 11) is -3.99. The van der Waals surface area contributed by atoms with Gasteiger partial charge in [-0.15, -0.1) is 0 Å².